The van der Waals surface area contributed by atoms with Crippen molar-refractivity contribution in [2.24, 2.45) is 0 Å². The lowest BCUT2D eigenvalue weighted by Crippen LogP contribution is -2.19. The molecule has 0 unspecified atom stereocenters. The Bertz CT molecular complexity index is 739. The van der Waals surface area contributed by atoms with Crippen molar-refractivity contribution in [3.8, 4) is 6.07 Å². The van der Waals surface area contributed by atoms with Gasteiger partial charge in [0.05, 0.1) is 22.6 Å². The Morgan fingerprint density at radius 2 is 2.19 bits per heavy atom. The molecule has 0 aliphatic rings. The van der Waals surface area contributed by atoms with Crippen molar-refractivity contribution < 1.29 is 4.79 Å². The highest BCUT2D eigenvalue weighted by Crippen LogP contribution is 2.22. The quantitative estimate of drug-likeness (QED) is 0.902. The van der Waals surface area contributed by atoms with Crippen LogP contribution in [0.15, 0.2) is 18.2 Å². The molecule has 21 heavy (non-hydrogen) atoms. The number of nitrogens with zero attached hydrogens (tertiary/aromatic N) is 3. The molecule has 0 atom stereocenters. The van der Waals surface area contributed by atoms with Gasteiger partial charge in [0.25, 0.3) is 5.91 Å². The Labute approximate surface area is 123 Å². The fourth-order valence-corrected chi connectivity index (χ4v) is 2.17. The summed E-state index contributed by atoms with van der Waals surface area (Å²) in [6, 6.07) is 7.41. The number of rotatable bonds is 3. The van der Waals surface area contributed by atoms with Crippen LogP contribution in [0.1, 0.15) is 34.2 Å². The van der Waals surface area contributed by atoms with Crippen molar-refractivity contribution in [3.05, 3.63) is 40.7 Å². The van der Waals surface area contributed by atoms with Gasteiger partial charge in [-0.25, -0.2) is 0 Å². The van der Waals surface area contributed by atoms with E-state index in [-0.39, 0.29) is 5.91 Å². The third kappa shape index (κ3) is 2.58. The number of hydrogen-bond donors (Lipinski definition) is 2. The number of aromatic nitrogens is 2. The first-order valence-electron chi connectivity index (χ1n) is 6.63. The molecule has 0 spiro atoms. The molecule has 2 rings (SSSR count). The van der Waals surface area contributed by atoms with E-state index in [4.69, 9.17) is 5.73 Å². The molecule has 6 heteroatoms. The van der Waals surface area contributed by atoms with E-state index in [0.717, 1.165) is 5.56 Å². The second kappa shape index (κ2) is 5.67. The number of nitrogens with two attached hydrogens (primary N) is 1. The number of amides is 1. The zero-order chi connectivity index (χ0) is 15.6. The molecule has 0 radical (unpaired) electrons. The summed E-state index contributed by atoms with van der Waals surface area (Å²) in [6.45, 7) is 6.00. The van der Waals surface area contributed by atoms with Crippen LogP contribution < -0.4 is 11.1 Å². The molecule has 0 bridgehead atoms. The van der Waals surface area contributed by atoms with Crippen LogP contribution in [0.25, 0.3) is 0 Å². The third-order valence-electron chi connectivity index (χ3n) is 3.32. The van der Waals surface area contributed by atoms with Gasteiger partial charge in [0.1, 0.15) is 11.8 Å². The lowest BCUT2D eigenvalue weighted by Gasteiger charge is -2.10. The summed E-state index contributed by atoms with van der Waals surface area (Å²) in [5, 5.41) is 16.2. The molecule has 0 saturated heterocycles. The maximum atomic E-state index is 12.4. The fraction of sp³-hybridized carbons (Fsp3) is 0.267. The van der Waals surface area contributed by atoms with E-state index in [0.29, 0.717) is 34.9 Å². The average molecular weight is 283 g/mol. The molecule has 108 valence electrons. The topological polar surface area (TPSA) is 96.7 Å². The second-order valence-corrected chi connectivity index (χ2v) is 4.73. The summed E-state index contributed by atoms with van der Waals surface area (Å²) in [7, 11) is 0. The second-order valence-electron chi connectivity index (χ2n) is 4.73. The molecule has 2 aromatic rings. The smallest absolute Gasteiger partial charge is 0.276 e. The van der Waals surface area contributed by atoms with Crippen molar-refractivity contribution in [1.82, 2.24) is 9.78 Å². The Hall–Kier alpha value is -2.81. The Morgan fingerprint density at radius 3 is 2.81 bits per heavy atom. The minimum Gasteiger partial charge on any atom is -0.395 e. The van der Waals surface area contributed by atoms with Crippen molar-refractivity contribution in [2.75, 3.05) is 11.1 Å². The van der Waals surface area contributed by atoms with Crippen molar-refractivity contribution in [3.63, 3.8) is 0 Å². The minimum atomic E-state index is -0.364. The number of carbonyl (C=O) groups excluding carboxylic acids is 1. The fourth-order valence-electron chi connectivity index (χ4n) is 2.17. The highest BCUT2D eigenvalue weighted by atomic mass is 16.2. The lowest BCUT2D eigenvalue weighted by atomic mass is 10.1. The van der Waals surface area contributed by atoms with E-state index >= 15 is 0 Å². The SMILES string of the molecule is CCn1nc(C)c(N)c1C(=O)Nc1cccc(C)c1C#N. The van der Waals surface area contributed by atoms with Crippen LogP contribution >= 0.6 is 0 Å². The van der Waals surface area contributed by atoms with Crippen LogP contribution in [0.2, 0.25) is 0 Å². The number of aryl methyl sites for hydroxylation is 3. The third-order valence-corrected chi connectivity index (χ3v) is 3.32. The maximum absolute atomic E-state index is 12.4. The molecule has 1 aromatic heterocycles. The van der Waals surface area contributed by atoms with Crippen LogP contribution in [0.3, 0.4) is 0 Å². The molecule has 0 saturated carbocycles. The van der Waals surface area contributed by atoms with E-state index in [1.807, 2.05) is 19.9 Å². The van der Waals surface area contributed by atoms with Gasteiger partial charge in [-0.15, -0.1) is 0 Å². The summed E-state index contributed by atoms with van der Waals surface area (Å²) in [6.07, 6.45) is 0. The zero-order valence-corrected chi connectivity index (χ0v) is 12.3. The molecule has 1 heterocycles. The number of carbonyl (C=O) groups is 1. The Balaban J connectivity index is 2.40. The van der Waals surface area contributed by atoms with Crippen LogP contribution in [0, 0.1) is 25.2 Å². The van der Waals surface area contributed by atoms with Gasteiger partial charge in [0, 0.05) is 6.54 Å². The van der Waals surface area contributed by atoms with Gasteiger partial charge in [-0.1, -0.05) is 12.1 Å². The highest BCUT2D eigenvalue weighted by Gasteiger charge is 2.20. The highest BCUT2D eigenvalue weighted by molar-refractivity contribution is 6.07. The van der Waals surface area contributed by atoms with E-state index in [1.165, 1.54) is 0 Å². The molecule has 0 aliphatic heterocycles. The van der Waals surface area contributed by atoms with E-state index in [9.17, 15) is 10.1 Å². The molecule has 1 aromatic carbocycles. The van der Waals surface area contributed by atoms with Gasteiger partial charge in [-0.2, -0.15) is 10.4 Å². The lowest BCUT2D eigenvalue weighted by molar-refractivity contribution is 0.101. The van der Waals surface area contributed by atoms with Gasteiger partial charge in [-0.3, -0.25) is 9.48 Å². The number of benzene rings is 1. The summed E-state index contributed by atoms with van der Waals surface area (Å²) in [4.78, 5) is 12.4. The molecule has 6 nitrogen and oxygen atoms in total. The van der Waals surface area contributed by atoms with Gasteiger partial charge in [0.2, 0.25) is 0 Å². The number of nitriles is 1. The largest absolute Gasteiger partial charge is 0.395 e. The van der Waals surface area contributed by atoms with Gasteiger partial charge < -0.3 is 11.1 Å². The van der Waals surface area contributed by atoms with Gasteiger partial charge >= 0.3 is 0 Å². The number of anilines is 2. The summed E-state index contributed by atoms with van der Waals surface area (Å²) in [5.41, 5.74) is 8.96. The molecule has 0 aliphatic carbocycles. The Kier molecular flexibility index (Phi) is 3.94. The van der Waals surface area contributed by atoms with E-state index in [1.54, 1.807) is 23.7 Å². The van der Waals surface area contributed by atoms with Crippen molar-refractivity contribution >= 4 is 17.3 Å². The standard InChI is InChI=1S/C15H17N5O/c1-4-20-14(13(17)10(3)19-20)15(21)18-12-7-5-6-9(2)11(12)8-16/h5-7H,4,17H2,1-3H3,(H,18,21). The first-order chi connectivity index (χ1) is 9.99. The summed E-state index contributed by atoms with van der Waals surface area (Å²) in [5.74, 6) is -0.364. The minimum absolute atomic E-state index is 0.320. The number of hydrogen-bond acceptors (Lipinski definition) is 4. The van der Waals surface area contributed by atoms with Crippen LogP contribution in [0.5, 0.6) is 0 Å². The molecule has 1 amide bonds. The van der Waals surface area contributed by atoms with Crippen LogP contribution in [-0.2, 0) is 6.54 Å². The normalized spacial score (nSPS) is 10.2. The molecule has 3 N–H and O–H groups in total. The number of nitrogen functional groups attached to an aromatic ring is 1. The Morgan fingerprint density at radius 1 is 1.48 bits per heavy atom. The summed E-state index contributed by atoms with van der Waals surface area (Å²) < 4.78 is 1.56. The predicted octanol–water partition coefficient (Wildman–Crippen LogP) is 2.23. The van der Waals surface area contributed by atoms with Crippen molar-refractivity contribution in [2.45, 2.75) is 27.3 Å². The summed E-state index contributed by atoms with van der Waals surface area (Å²) >= 11 is 0. The van der Waals surface area contributed by atoms with E-state index < -0.39 is 0 Å². The first-order valence-corrected chi connectivity index (χ1v) is 6.63. The molecular weight excluding hydrogens is 266 g/mol. The van der Waals surface area contributed by atoms with Crippen LogP contribution in [0.4, 0.5) is 11.4 Å². The average Bonchev–Trinajstić information content (AvgIpc) is 2.74. The molecule has 0 fully saturated rings. The first kappa shape index (κ1) is 14.6. The predicted molar refractivity (Wildman–Crippen MR) is 80.9 cm³/mol. The maximum Gasteiger partial charge on any atom is 0.276 e. The zero-order valence-electron chi connectivity index (χ0n) is 12.3. The van der Waals surface area contributed by atoms with Crippen LogP contribution in [-0.4, -0.2) is 15.7 Å². The monoisotopic (exact) mass is 283 g/mol. The van der Waals surface area contributed by atoms with Gasteiger partial charge in [-0.05, 0) is 32.4 Å². The van der Waals surface area contributed by atoms with E-state index in [2.05, 4.69) is 16.5 Å². The molecular formula is C15H17N5O. The number of nitrogens with one attached hydrogen (secondary N) is 1. The van der Waals surface area contributed by atoms with Gasteiger partial charge in [0.15, 0.2) is 0 Å². The van der Waals surface area contributed by atoms with Crippen molar-refractivity contribution in [1.29, 1.82) is 5.26 Å².